The molecule has 1 atom stereocenters. The summed E-state index contributed by atoms with van der Waals surface area (Å²) in [6.07, 6.45) is 2.37. The number of likely N-dealkylation sites (tertiary alicyclic amines) is 1. The first-order valence-electron chi connectivity index (χ1n) is 10.4. The number of piperidine rings is 1. The van der Waals surface area contributed by atoms with Gasteiger partial charge in [-0.25, -0.2) is 4.90 Å². The second kappa shape index (κ2) is 8.71. The summed E-state index contributed by atoms with van der Waals surface area (Å²) in [4.78, 5) is 28.5. The van der Waals surface area contributed by atoms with E-state index in [4.69, 9.17) is 4.74 Å². The molecule has 2 heterocycles. The van der Waals surface area contributed by atoms with Gasteiger partial charge in [-0.05, 0) is 55.5 Å². The maximum absolute atomic E-state index is 12.9. The molecule has 1 saturated heterocycles. The Bertz CT molecular complexity index is 931. The molecule has 30 heavy (non-hydrogen) atoms. The summed E-state index contributed by atoms with van der Waals surface area (Å²) in [7, 11) is 0. The highest BCUT2D eigenvalue weighted by Gasteiger charge is 2.37. The molecule has 0 radical (unpaired) electrons. The highest BCUT2D eigenvalue weighted by atomic mass is 16.5. The summed E-state index contributed by atoms with van der Waals surface area (Å²) < 4.78 is 5.46. The molecular weight excluding hydrogens is 380 g/mol. The Kier molecular flexibility index (Phi) is 5.86. The van der Waals surface area contributed by atoms with Gasteiger partial charge in [0.15, 0.2) is 0 Å². The fourth-order valence-electron chi connectivity index (χ4n) is 4.16. The van der Waals surface area contributed by atoms with Crippen molar-refractivity contribution in [1.82, 2.24) is 4.90 Å². The first-order chi connectivity index (χ1) is 14.6. The Morgan fingerprint density at radius 1 is 1.03 bits per heavy atom. The first kappa shape index (κ1) is 20.2. The quantitative estimate of drug-likeness (QED) is 0.746. The summed E-state index contributed by atoms with van der Waals surface area (Å²) in [6, 6.07) is 16.5. The zero-order valence-electron chi connectivity index (χ0n) is 17.0. The van der Waals surface area contributed by atoms with E-state index in [1.807, 2.05) is 54.3 Å². The number of imide groups is 1. The van der Waals surface area contributed by atoms with Crippen molar-refractivity contribution in [2.75, 3.05) is 24.6 Å². The van der Waals surface area contributed by atoms with Gasteiger partial charge in [-0.2, -0.15) is 0 Å². The molecule has 156 valence electrons. The molecule has 2 aromatic rings. The van der Waals surface area contributed by atoms with Crippen molar-refractivity contribution in [3.8, 4) is 5.75 Å². The van der Waals surface area contributed by atoms with Gasteiger partial charge in [0.1, 0.15) is 11.4 Å². The third-order valence-corrected chi connectivity index (χ3v) is 5.78. The van der Waals surface area contributed by atoms with Crippen LogP contribution in [0.25, 0.3) is 0 Å². The molecule has 2 amide bonds. The number of rotatable bonds is 6. The van der Waals surface area contributed by atoms with Crippen molar-refractivity contribution in [2.24, 2.45) is 5.92 Å². The Labute approximate surface area is 176 Å². The average Bonchev–Trinajstić information content (AvgIpc) is 3.08. The fraction of sp³-hybridized carbons (Fsp3) is 0.333. The standard InChI is InChI=1S/C24H26N2O4/c1-2-30-20-10-8-17(9-11-20)23(28)18-12-14-25(15-13-18)21-16-22(27)26(24(21)29)19-6-4-3-5-7-19/h3-11,16,18,23,28H,2,12-15H2,1H3/t23-/m0/s1. The zero-order chi connectivity index (χ0) is 21.1. The summed E-state index contributed by atoms with van der Waals surface area (Å²) in [5, 5.41) is 10.8. The number of carbonyl (C=O) groups excluding carboxylic acids is 2. The van der Waals surface area contributed by atoms with E-state index in [1.54, 1.807) is 12.1 Å². The van der Waals surface area contributed by atoms with Crippen LogP contribution in [0.1, 0.15) is 31.4 Å². The predicted molar refractivity (Wildman–Crippen MR) is 114 cm³/mol. The summed E-state index contributed by atoms with van der Waals surface area (Å²) in [5.74, 6) is 0.314. The van der Waals surface area contributed by atoms with Crippen molar-refractivity contribution in [3.05, 3.63) is 71.9 Å². The van der Waals surface area contributed by atoms with Crippen molar-refractivity contribution < 1.29 is 19.4 Å². The SMILES string of the molecule is CCOc1ccc([C@H](O)C2CCN(C3=CC(=O)N(c4ccccc4)C3=O)CC2)cc1. The van der Waals surface area contributed by atoms with Crippen LogP contribution in [-0.2, 0) is 9.59 Å². The van der Waals surface area contributed by atoms with E-state index in [9.17, 15) is 14.7 Å². The van der Waals surface area contributed by atoms with Crippen LogP contribution in [0.4, 0.5) is 5.69 Å². The lowest BCUT2D eigenvalue weighted by Crippen LogP contribution is -2.39. The second-order valence-corrected chi connectivity index (χ2v) is 7.62. The van der Waals surface area contributed by atoms with E-state index in [2.05, 4.69) is 0 Å². The van der Waals surface area contributed by atoms with Crippen molar-refractivity contribution >= 4 is 17.5 Å². The number of para-hydroxylation sites is 1. The molecule has 1 fully saturated rings. The molecule has 6 heteroatoms. The van der Waals surface area contributed by atoms with Crippen LogP contribution in [0.15, 0.2) is 66.4 Å². The van der Waals surface area contributed by atoms with E-state index >= 15 is 0 Å². The topological polar surface area (TPSA) is 70.1 Å². The molecule has 0 saturated carbocycles. The third kappa shape index (κ3) is 3.96. The molecule has 1 N–H and O–H groups in total. The molecule has 6 nitrogen and oxygen atoms in total. The number of hydrogen-bond acceptors (Lipinski definition) is 5. The molecule has 4 rings (SSSR count). The minimum atomic E-state index is -0.557. The average molecular weight is 406 g/mol. The van der Waals surface area contributed by atoms with Crippen LogP contribution in [0, 0.1) is 5.92 Å². The number of benzene rings is 2. The highest BCUT2D eigenvalue weighted by molar-refractivity contribution is 6.30. The Morgan fingerprint density at radius 2 is 1.70 bits per heavy atom. The lowest BCUT2D eigenvalue weighted by atomic mass is 9.87. The van der Waals surface area contributed by atoms with Gasteiger partial charge < -0.3 is 14.7 Å². The van der Waals surface area contributed by atoms with Crippen molar-refractivity contribution in [1.29, 1.82) is 0 Å². The first-order valence-corrected chi connectivity index (χ1v) is 10.4. The van der Waals surface area contributed by atoms with Crippen molar-refractivity contribution in [3.63, 3.8) is 0 Å². The van der Waals surface area contributed by atoms with Crippen LogP contribution < -0.4 is 9.64 Å². The van der Waals surface area contributed by atoms with Gasteiger partial charge in [0.2, 0.25) is 0 Å². The summed E-state index contributed by atoms with van der Waals surface area (Å²) in [6.45, 7) is 3.81. The molecule has 2 aliphatic rings. The number of hydrogen-bond donors (Lipinski definition) is 1. The molecule has 2 aromatic carbocycles. The fourth-order valence-corrected chi connectivity index (χ4v) is 4.16. The van der Waals surface area contributed by atoms with E-state index in [1.165, 1.54) is 11.0 Å². The minimum Gasteiger partial charge on any atom is -0.494 e. The summed E-state index contributed by atoms with van der Waals surface area (Å²) in [5.41, 5.74) is 1.90. The normalized spacial score (nSPS) is 18.5. The lowest BCUT2D eigenvalue weighted by Gasteiger charge is -2.35. The van der Waals surface area contributed by atoms with E-state index in [-0.39, 0.29) is 17.7 Å². The number of ether oxygens (including phenoxy) is 1. The van der Waals surface area contributed by atoms with Crippen LogP contribution in [0.2, 0.25) is 0 Å². The van der Waals surface area contributed by atoms with Gasteiger partial charge in [-0.15, -0.1) is 0 Å². The molecule has 0 aromatic heterocycles. The monoisotopic (exact) mass is 406 g/mol. The Balaban J connectivity index is 1.38. The molecule has 0 spiro atoms. The number of carbonyl (C=O) groups is 2. The lowest BCUT2D eigenvalue weighted by molar-refractivity contribution is -0.121. The van der Waals surface area contributed by atoms with Gasteiger partial charge in [0.25, 0.3) is 11.8 Å². The van der Waals surface area contributed by atoms with E-state index in [0.717, 1.165) is 24.2 Å². The van der Waals surface area contributed by atoms with Crippen LogP contribution in [0.3, 0.4) is 0 Å². The number of nitrogens with zero attached hydrogens (tertiary/aromatic N) is 2. The Hall–Kier alpha value is -3.12. The predicted octanol–water partition coefficient (Wildman–Crippen LogP) is 3.29. The maximum Gasteiger partial charge on any atom is 0.281 e. The van der Waals surface area contributed by atoms with Crippen LogP contribution in [-0.4, -0.2) is 41.5 Å². The van der Waals surface area contributed by atoms with Crippen LogP contribution >= 0.6 is 0 Å². The van der Waals surface area contributed by atoms with E-state index in [0.29, 0.717) is 31.1 Å². The largest absolute Gasteiger partial charge is 0.494 e. The molecule has 0 aliphatic carbocycles. The van der Waals surface area contributed by atoms with Crippen molar-refractivity contribution in [2.45, 2.75) is 25.9 Å². The highest BCUT2D eigenvalue weighted by Crippen LogP contribution is 2.34. The maximum atomic E-state index is 12.9. The molecule has 0 bridgehead atoms. The second-order valence-electron chi connectivity index (χ2n) is 7.62. The number of aliphatic hydroxyl groups excluding tert-OH is 1. The molecule has 0 unspecified atom stereocenters. The zero-order valence-corrected chi connectivity index (χ0v) is 17.0. The summed E-state index contributed by atoms with van der Waals surface area (Å²) >= 11 is 0. The van der Waals surface area contributed by atoms with Gasteiger partial charge in [-0.3, -0.25) is 9.59 Å². The van der Waals surface area contributed by atoms with Crippen LogP contribution in [0.5, 0.6) is 5.75 Å². The minimum absolute atomic E-state index is 0.109. The number of anilines is 1. The van der Waals surface area contributed by atoms with Gasteiger partial charge in [0.05, 0.1) is 18.4 Å². The van der Waals surface area contributed by atoms with E-state index < -0.39 is 6.10 Å². The van der Waals surface area contributed by atoms with Gasteiger partial charge >= 0.3 is 0 Å². The molecule has 2 aliphatic heterocycles. The smallest absolute Gasteiger partial charge is 0.281 e. The number of aliphatic hydroxyl groups is 1. The third-order valence-electron chi connectivity index (χ3n) is 5.78. The van der Waals surface area contributed by atoms with Gasteiger partial charge in [-0.1, -0.05) is 30.3 Å². The molecular formula is C24H26N2O4. The van der Waals surface area contributed by atoms with Gasteiger partial charge in [0, 0.05) is 19.2 Å². The Morgan fingerprint density at radius 3 is 2.33 bits per heavy atom. The number of amides is 2.